The largest absolute Gasteiger partial charge is 0.508 e. The van der Waals surface area contributed by atoms with E-state index in [4.69, 9.17) is 11.6 Å². The smallest absolute Gasteiger partial charge is 0.273 e. The van der Waals surface area contributed by atoms with E-state index in [-0.39, 0.29) is 17.2 Å². The second-order valence-corrected chi connectivity index (χ2v) is 9.76. The van der Waals surface area contributed by atoms with Crippen LogP contribution in [-0.4, -0.2) is 53.4 Å². The molecule has 3 aromatic carbocycles. The first kappa shape index (κ1) is 28.2. The molecule has 37 heavy (non-hydrogen) atoms. The van der Waals surface area contributed by atoms with Crippen LogP contribution in [-0.2, 0) is 5.75 Å². The number of hydrogen-bond donors (Lipinski definition) is 3. The van der Waals surface area contributed by atoms with E-state index >= 15 is 0 Å². The number of nitrogens with zero attached hydrogens (tertiary/aromatic N) is 2. The fraction of sp³-hybridized carbons (Fsp3) is 0.250. The minimum absolute atomic E-state index is 0.139. The van der Waals surface area contributed by atoms with E-state index in [0.29, 0.717) is 21.8 Å². The van der Waals surface area contributed by atoms with E-state index < -0.39 is 5.91 Å². The van der Waals surface area contributed by atoms with E-state index in [0.717, 1.165) is 36.7 Å². The molecule has 0 bridgehead atoms. The van der Waals surface area contributed by atoms with E-state index in [1.165, 1.54) is 24.4 Å². The zero-order valence-corrected chi connectivity index (χ0v) is 22.5. The second-order valence-electron chi connectivity index (χ2n) is 8.21. The van der Waals surface area contributed by atoms with Crippen molar-refractivity contribution in [3.05, 3.63) is 94.0 Å². The summed E-state index contributed by atoms with van der Waals surface area (Å²) < 4.78 is 0. The van der Waals surface area contributed by atoms with Crippen LogP contribution in [0.15, 0.2) is 71.8 Å². The Hall–Kier alpha value is -3.33. The highest BCUT2D eigenvalue weighted by Crippen LogP contribution is 2.22. The van der Waals surface area contributed by atoms with Gasteiger partial charge in [0.05, 0.1) is 17.5 Å². The summed E-state index contributed by atoms with van der Waals surface area (Å²) in [7, 11) is 0. The average Bonchev–Trinajstić information content (AvgIpc) is 2.91. The van der Waals surface area contributed by atoms with Crippen molar-refractivity contribution in [3.63, 3.8) is 0 Å². The van der Waals surface area contributed by atoms with Crippen molar-refractivity contribution in [1.82, 2.24) is 10.3 Å². The molecule has 0 heterocycles. The number of carbonyl (C=O) groups is 2. The average molecular weight is 539 g/mol. The Labute approximate surface area is 226 Å². The number of phenols is 1. The van der Waals surface area contributed by atoms with Crippen LogP contribution in [0.3, 0.4) is 0 Å². The maximum absolute atomic E-state index is 13.0. The first-order chi connectivity index (χ1) is 17.9. The van der Waals surface area contributed by atoms with Crippen LogP contribution < -0.4 is 10.7 Å². The Balaban J connectivity index is 1.63. The number of thioether (sulfide) groups is 1. The molecule has 2 amide bonds. The second kappa shape index (κ2) is 14.4. The van der Waals surface area contributed by atoms with Crippen LogP contribution in [0, 0.1) is 0 Å². The van der Waals surface area contributed by atoms with Crippen molar-refractivity contribution >= 4 is 47.1 Å². The molecule has 0 saturated carbocycles. The standard InChI is InChI=1S/C28H31ClN4O3S/c1-3-33(4-2)14-15-37-19-21-6-5-7-22(16-21)27(35)31-26-13-10-23(29)17-25(26)28(36)32-30-18-20-8-11-24(34)12-9-20/h5-13,16-18,34H,3-4,14-15,19H2,1-2H3,(H,31,35)(H,32,36). The zero-order chi connectivity index (χ0) is 26.6. The van der Waals surface area contributed by atoms with Gasteiger partial charge in [0.15, 0.2) is 0 Å². The van der Waals surface area contributed by atoms with Gasteiger partial charge in [-0.05, 0) is 78.8 Å². The highest BCUT2D eigenvalue weighted by Gasteiger charge is 2.15. The van der Waals surface area contributed by atoms with Crippen LogP contribution >= 0.6 is 23.4 Å². The summed E-state index contributed by atoms with van der Waals surface area (Å²) in [6.45, 7) is 7.45. The summed E-state index contributed by atoms with van der Waals surface area (Å²) in [5.41, 5.74) is 5.23. The molecule has 3 aromatic rings. The zero-order valence-electron chi connectivity index (χ0n) is 20.9. The van der Waals surface area contributed by atoms with Gasteiger partial charge in [0, 0.05) is 28.6 Å². The lowest BCUT2D eigenvalue weighted by molar-refractivity contribution is 0.0956. The van der Waals surface area contributed by atoms with Crippen molar-refractivity contribution < 1.29 is 14.7 Å². The molecule has 0 unspecified atom stereocenters. The van der Waals surface area contributed by atoms with Crippen LogP contribution in [0.5, 0.6) is 5.75 Å². The van der Waals surface area contributed by atoms with Gasteiger partial charge in [-0.1, -0.05) is 37.6 Å². The molecule has 3 N–H and O–H groups in total. The Morgan fingerprint density at radius 3 is 2.51 bits per heavy atom. The number of anilines is 1. The highest BCUT2D eigenvalue weighted by molar-refractivity contribution is 7.98. The van der Waals surface area contributed by atoms with Crippen molar-refractivity contribution in [2.45, 2.75) is 19.6 Å². The van der Waals surface area contributed by atoms with E-state index in [1.54, 1.807) is 30.3 Å². The van der Waals surface area contributed by atoms with Crippen LogP contribution in [0.2, 0.25) is 5.02 Å². The number of rotatable bonds is 12. The van der Waals surface area contributed by atoms with E-state index in [9.17, 15) is 14.7 Å². The lowest BCUT2D eigenvalue weighted by Gasteiger charge is -2.17. The number of halogens is 1. The van der Waals surface area contributed by atoms with Gasteiger partial charge >= 0.3 is 0 Å². The van der Waals surface area contributed by atoms with Gasteiger partial charge in [-0.2, -0.15) is 16.9 Å². The van der Waals surface area contributed by atoms with Crippen molar-refractivity contribution in [3.8, 4) is 5.75 Å². The molecule has 9 heteroatoms. The third-order valence-electron chi connectivity index (χ3n) is 5.65. The van der Waals surface area contributed by atoms with Gasteiger partial charge in [0.1, 0.15) is 5.75 Å². The van der Waals surface area contributed by atoms with Gasteiger partial charge in [0.25, 0.3) is 11.8 Å². The molecule has 0 aliphatic rings. The molecule has 0 spiro atoms. The van der Waals surface area contributed by atoms with E-state index in [2.05, 4.69) is 34.6 Å². The summed E-state index contributed by atoms with van der Waals surface area (Å²) in [4.78, 5) is 28.2. The SMILES string of the molecule is CCN(CC)CCSCc1cccc(C(=O)Nc2ccc(Cl)cc2C(=O)NN=Cc2ccc(O)cc2)c1. The van der Waals surface area contributed by atoms with Crippen molar-refractivity contribution in [2.75, 3.05) is 30.7 Å². The predicted molar refractivity (Wildman–Crippen MR) is 153 cm³/mol. The molecule has 0 aliphatic heterocycles. The lowest BCUT2D eigenvalue weighted by atomic mass is 10.1. The Morgan fingerprint density at radius 2 is 1.78 bits per heavy atom. The fourth-order valence-electron chi connectivity index (χ4n) is 3.52. The number of hydrazone groups is 1. The maximum atomic E-state index is 13.0. The summed E-state index contributed by atoms with van der Waals surface area (Å²) in [6.07, 6.45) is 1.45. The fourth-order valence-corrected chi connectivity index (χ4v) is 4.64. The van der Waals surface area contributed by atoms with Gasteiger partial charge < -0.3 is 15.3 Å². The Kier molecular flexibility index (Phi) is 11.0. The predicted octanol–water partition coefficient (Wildman–Crippen LogP) is 5.64. The molecule has 0 aliphatic carbocycles. The monoisotopic (exact) mass is 538 g/mol. The van der Waals surface area contributed by atoms with Gasteiger partial charge in [-0.3, -0.25) is 9.59 Å². The molecule has 0 atom stereocenters. The Morgan fingerprint density at radius 1 is 1.03 bits per heavy atom. The molecule has 194 valence electrons. The normalized spacial score (nSPS) is 11.1. The number of phenolic OH excluding ortho intramolecular Hbond substituents is 1. The minimum Gasteiger partial charge on any atom is -0.508 e. The first-order valence-corrected chi connectivity index (χ1v) is 13.5. The third kappa shape index (κ3) is 8.93. The van der Waals surface area contributed by atoms with Crippen LogP contribution in [0.1, 0.15) is 45.7 Å². The number of aromatic hydroxyl groups is 1. The minimum atomic E-state index is -0.522. The quantitative estimate of drug-likeness (QED) is 0.158. The summed E-state index contributed by atoms with van der Waals surface area (Å²) in [5, 5.41) is 16.5. The van der Waals surface area contributed by atoms with Gasteiger partial charge in [0.2, 0.25) is 0 Å². The molecule has 0 radical (unpaired) electrons. The summed E-state index contributed by atoms with van der Waals surface area (Å²) in [5.74, 6) is 1.14. The number of hydrogen-bond acceptors (Lipinski definition) is 6. The molecule has 0 aromatic heterocycles. The molecular weight excluding hydrogens is 508 g/mol. The third-order valence-corrected chi connectivity index (χ3v) is 6.90. The number of amides is 2. The topological polar surface area (TPSA) is 94.0 Å². The summed E-state index contributed by atoms with van der Waals surface area (Å²) in [6, 6.07) is 18.5. The van der Waals surface area contributed by atoms with Crippen molar-refractivity contribution in [1.29, 1.82) is 0 Å². The van der Waals surface area contributed by atoms with Crippen LogP contribution in [0.4, 0.5) is 5.69 Å². The molecule has 0 saturated heterocycles. The number of benzene rings is 3. The lowest BCUT2D eigenvalue weighted by Crippen LogP contribution is -2.25. The number of nitrogens with one attached hydrogen (secondary N) is 2. The van der Waals surface area contributed by atoms with Crippen LogP contribution in [0.25, 0.3) is 0 Å². The molecule has 7 nitrogen and oxygen atoms in total. The molecule has 0 fully saturated rings. The first-order valence-electron chi connectivity index (χ1n) is 12.0. The van der Waals surface area contributed by atoms with Gasteiger partial charge in [-0.25, -0.2) is 5.43 Å². The molecular formula is C28H31ClN4O3S. The maximum Gasteiger partial charge on any atom is 0.273 e. The highest BCUT2D eigenvalue weighted by atomic mass is 35.5. The van der Waals surface area contributed by atoms with E-state index in [1.807, 2.05) is 30.0 Å². The number of carbonyl (C=O) groups excluding carboxylic acids is 2. The summed E-state index contributed by atoms with van der Waals surface area (Å²) >= 11 is 7.96. The van der Waals surface area contributed by atoms with Crippen molar-refractivity contribution in [2.24, 2.45) is 5.10 Å². The molecule has 3 rings (SSSR count). The van der Waals surface area contributed by atoms with Gasteiger partial charge in [-0.15, -0.1) is 0 Å². The Bertz CT molecular complexity index is 1230.